The third-order valence-corrected chi connectivity index (χ3v) is 6.76. The zero-order valence-corrected chi connectivity index (χ0v) is 20.9. The summed E-state index contributed by atoms with van der Waals surface area (Å²) in [5.41, 5.74) is 2.83. The molecule has 2 atom stereocenters. The fourth-order valence-electron chi connectivity index (χ4n) is 4.49. The number of hydrogen-bond acceptors (Lipinski definition) is 4. The highest BCUT2D eigenvalue weighted by Crippen LogP contribution is 2.25. The van der Waals surface area contributed by atoms with Crippen LogP contribution in [0, 0.1) is 5.92 Å². The van der Waals surface area contributed by atoms with E-state index in [1.807, 2.05) is 18.2 Å². The van der Waals surface area contributed by atoms with Crippen molar-refractivity contribution in [1.82, 2.24) is 4.90 Å². The fraction of sp³-hybridized carbons (Fsp3) is 0.241. The molecule has 0 spiro atoms. The molecule has 1 aliphatic rings. The molecule has 1 aliphatic heterocycles. The Kier molecular flexibility index (Phi) is 8.36. The third-order valence-electron chi connectivity index (χ3n) is 6.50. The SMILES string of the molecule is O=C(CC(CC(=O)N1CCCC1C(=O)Nc1ccccc1)C(=O)O)c1ccc(-c2ccc(Cl)cc2)cc1. The van der Waals surface area contributed by atoms with E-state index in [2.05, 4.69) is 5.32 Å². The Morgan fingerprint density at radius 3 is 2.14 bits per heavy atom. The van der Waals surface area contributed by atoms with Gasteiger partial charge in [0.2, 0.25) is 11.8 Å². The van der Waals surface area contributed by atoms with Gasteiger partial charge in [0, 0.05) is 35.7 Å². The number of likely N-dealkylation sites (tertiary alicyclic amines) is 1. The number of carbonyl (C=O) groups excluding carboxylic acids is 3. The molecule has 2 N–H and O–H groups in total. The number of carboxylic acids is 1. The van der Waals surface area contributed by atoms with Crippen molar-refractivity contribution >= 4 is 40.9 Å². The molecule has 1 heterocycles. The maximum absolute atomic E-state index is 13.0. The lowest BCUT2D eigenvalue weighted by Crippen LogP contribution is -2.44. The first-order valence-electron chi connectivity index (χ1n) is 12.1. The molecule has 1 saturated heterocycles. The summed E-state index contributed by atoms with van der Waals surface area (Å²) in [7, 11) is 0. The van der Waals surface area contributed by atoms with Crippen LogP contribution >= 0.6 is 11.6 Å². The molecule has 0 aromatic heterocycles. The minimum absolute atomic E-state index is 0.305. The number of aliphatic carboxylic acids is 1. The van der Waals surface area contributed by atoms with Crippen LogP contribution in [0.1, 0.15) is 36.0 Å². The molecule has 4 rings (SSSR count). The zero-order valence-electron chi connectivity index (χ0n) is 20.1. The summed E-state index contributed by atoms with van der Waals surface area (Å²) in [6, 6.07) is 22.5. The van der Waals surface area contributed by atoms with Crippen LogP contribution in [0.3, 0.4) is 0 Å². The van der Waals surface area contributed by atoms with Crippen LogP contribution in [-0.2, 0) is 14.4 Å². The normalized spacial score (nSPS) is 15.7. The molecule has 0 radical (unpaired) electrons. The molecule has 2 unspecified atom stereocenters. The molecule has 3 aromatic carbocycles. The first kappa shape index (κ1) is 26.1. The van der Waals surface area contributed by atoms with Crippen molar-refractivity contribution in [3.05, 3.63) is 89.4 Å². The minimum atomic E-state index is -1.22. The predicted octanol–water partition coefficient (Wildman–Crippen LogP) is 5.30. The lowest BCUT2D eigenvalue weighted by atomic mass is 9.94. The van der Waals surface area contributed by atoms with Crippen molar-refractivity contribution in [2.24, 2.45) is 5.92 Å². The Labute approximate surface area is 220 Å². The van der Waals surface area contributed by atoms with E-state index in [9.17, 15) is 24.3 Å². The number of amides is 2. The number of hydrogen-bond donors (Lipinski definition) is 2. The standard InChI is InChI=1S/C29H27ClN2O5/c30-23-14-12-20(13-15-23)19-8-10-21(11-9-19)26(33)17-22(29(36)37)18-27(34)32-16-4-7-25(32)28(35)31-24-5-2-1-3-6-24/h1-3,5-6,8-15,22,25H,4,7,16-18H2,(H,31,35)(H,36,37). The van der Waals surface area contributed by atoms with Crippen LogP contribution in [0.4, 0.5) is 5.69 Å². The topological polar surface area (TPSA) is 104 Å². The number of carboxylic acid groups (broad SMARTS) is 1. The molecule has 37 heavy (non-hydrogen) atoms. The Hall–Kier alpha value is -3.97. The number of Topliss-reactive ketones (excluding diaryl/α,β-unsaturated/α-hetero) is 1. The maximum Gasteiger partial charge on any atom is 0.307 e. The van der Waals surface area contributed by atoms with Crippen LogP contribution in [0.15, 0.2) is 78.9 Å². The number of halogens is 1. The summed E-state index contributed by atoms with van der Waals surface area (Å²) in [4.78, 5) is 52.0. The molecule has 0 aliphatic carbocycles. The van der Waals surface area contributed by atoms with Gasteiger partial charge in [0.1, 0.15) is 6.04 Å². The molecule has 2 amide bonds. The van der Waals surface area contributed by atoms with Gasteiger partial charge in [-0.1, -0.05) is 66.2 Å². The molecule has 3 aromatic rings. The van der Waals surface area contributed by atoms with Gasteiger partial charge in [-0.15, -0.1) is 0 Å². The Morgan fingerprint density at radius 1 is 0.892 bits per heavy atom. The molecular weight excluding hydrogens is 492 g/mol. The van der Waals surface area contributed by atoms with Crippen molar-refractivity contribution in [3.8, 4) is 11.1 Å². The summed E-state index contributed by atoms with van der Waals surface area (Å²) in [6.07, 6.45) is 0.491. The second-order valence-corrected chi connectivity index (χ2v) is 9.49. The molecule has 190 valence electrons. The highest BCUT2D eigenvalue weighted by Gasteiger charge is 2.36. The van der Waals surface area contributed by atoms with E-state index in [0.29, 0.717) is 35.7 Å². The van der Waals surface area contributed by atoms with Gasteiger partial charge < -0.3 is 15.3 Å². The van der Waals surface area contributed by atoms with Gasteiger partial charge in [-0.05, 0) is 48.2 Å². The second kappa shape index (κ2) is 11.8. The highest BCUT2D eigenvalue weighted by molar-refractivity contribution is 6.30. The van der Waals surface area contributed by atoms with E-state index < -0.39 is 23.8 Å². The van der Waals surface area contributed by atoms with Crippen molar-refractivity contribution in [3.63, 3.8) is 0 Å². The van der Waals surface area contributed by atoms with Gasteiger partial charge in [-0.3, -0.25) is 19.2 Å². The van der Waals surface area contributed by atoms with E-state index in [1.165, 1.54) is 4.90 Å². The highest BCUT2D eigenvalue weighted by atomic mass is 35.5. The smallest absolute Gasteiger partial charge is 0.307 e. The number of carbonyl (C=O) groups is 4. The summed E-state index contributed by atoms with van der Waals surface area (Å²) in [5.74, 6) is -3.51. The van der Waals surface area contributed by atoms with Crippen molar-refractivity contribution in [2.45, 2.75) is 31.7 Å². The van der Waals surface area contributed by atoms with Crippen molar-refractivity contribution in [2.75, 3.05) is 11.9 Å². The van der Waals surface area contributed by atoms with Gasteiger partial charge in [-0.25, -0.2) is 0 Å². The number of nitrogens with one attached hydrogen (secondary N) is 1. The van der Waals surface area contributed by atoms with Crippen LogP contribution in [0.25, 0.3) is 11.1 Å². The number of ketones is 1. The molecule has 7 nitrogen and oxygen atoms in total. The first-order valence-corrected chi connectivity index (χ1v) is 12.5. The summed E-state index contributed by atoms with van der Waals surface area (Å²) >= 11 is 5.93. The van der Waals surface area contributed by atoms with Gasteiger partial charge in [-0.2, -0.15) is 0 Å². The third kappa shape index (κ3) is 6.62. The van der Waals surface area contributed by atoms with Crippen LogP contribution in [0.2, 0.25) is 5.02 Å². The number of nitrogens with zero attached hydrogens (tertiary/aromatic N) is 1. The van der Waals surface area contributed by atoms with Crippen LogP contribution in [-0.4, -0.2) is 46.2 Å². The van der Waals surface area contributed by atoms with E-state index in [-0.39, 0.29) is 24.5 Å². The van der Waals surface area contributed by atoms with E-state index in [4.69, 9.17) is 11.6 Å². The van der Waals surface area contributed by atoms with Crippen molar-refractivity contribution < 1.29 is 24.3 Å². The van der Waals surface area contributed by atoms with Crippen LogP contribution in [0.5, 0.6) is 0 Å². The van der Waals surface area contributed by atoms with Crippen molar-refractivity contribution in [1.29, 1.82) is 0 Å². The van der Waals surface area contributed by atoms with Gasteiger partial charge in [0.05, 0.1) is 5.92 Å². The van der Waals surface area contributed by atoms with Crippen LogP contribution < -0.4 is 5.32 Å². The molecule has 0 bridgehead atoms. The van der Waals surface area contributed by atoms with Gasteiger partial charge >= 0.3 is 5.97 Å². The maximum atomic E-state index is 13.0. The Balaban J connectivity index is 1.38. The monoisotopic (exact) mass is 518 g/mol. The largest absolute Gasteiger partial charge is 0.481 e. The zero-order chi connectivity index (χ0) is 26.4. The number of anilines is 1. The average molecular weight is 519 g/mol. The average Bonchev–Trinajstić information content (AvgIpc) is 3.40. The fourth-order valence-corrected chi connectivity index (χ4v) is 4.62. The molecular formula is C29H27ClN2O5. The Bertz CT molecular complexity index is 1280. The van der Waals surface area contributed by atoms with E-state index in [0.717, 1.165) is 11.1 Å². The lowest BCUT2D eigenvalue weighted by molar-refractivity contribution is -0.146. The number of benzene rings is 3. The first-order chi connectivity index (χ1) is 17.8. The Morgan fingerprint density at radius 2 is 1.51 bits per heavy atom. The second-order valence-electron chi connectivity index (χ2n) is 9.05. The number of rotatable bonds is 9. The lowest BCUT2D eigenvalue weighted by Gasteiger charge is -2.25. The summed E-state index contributed by atoms with van der Waals surface area (Å²) in [5, 5.41) is 13.2. The quantitative estimate of drug-likeness (QED) is 0.374. The molecule has 1 fully saturated rings. The summed E-state index contributed by atoms with van der Waals surface area (Å²) in [6.45, 7) is 0.373. The van der Waals surface area contributed by atoms with Gasteiger partial charge in [0.15, 0.2) is 5.78 Å². The molecule has 0 saturated carbocycles. The van der Waals surface area contributed by atoms with E-state index >= 15 is 0 Å². The number of para-hydroxylation sites is 1. The van der Waals surface area contributed by atoms with Gasteiger partial charge in [0.25, 0.3) is 0 Å². The minimum Gasteiger partial charge on any atom is -0.481 e. The predicted molar refractivity (Wildman–Crippen MR) is 141 cm³/mol. The van der Waals surface area contributed by atoms with E-state index in [1.54, 1.807) is 60.7 Å². The summed E-state index contributed by atoms with van der Waals surface area (Å²) < 4.78 is 0. The molecule has 8 heteroatoms.